The van der Waals surface area contributed by atoms with Gasteiger partial charge in [0.25, 0.3) is 6.20 Å². The first kappa shape index (κ1) is 26.8. The first-order valence-corrected chi connectivity index (χ1v) is 10.8. The molecule has 0 aliphatic rings. The van der Waals surface area contributed by atoms with E-state index >= 15 is 0 Å². The van der Waals surface area contributed by atoms with E-state index in [1.807, 2.05) is 13.0 Å². The number of carbonyl (C=O) groups excluding carboxylic acids is 1. The summed E-state index contributed by atoms with van der Waals surface area (Å²) in [7, 11) is 3.01. The van der Waals surface area contributed by atoms with Gasteiger partial charge in [0, 0.05) is 17.4 Å². The largest absolute Gasteiger partial charge is 0.493 e. The van der Waals surface area contributed by atoms with Crippen LogP contribution >= 0.6 is 0 Å². The van der Waals surface area contributed by atoms with Gasteiger partial charge in [-0.1, -0.05) is 19.1 Å². The number of nitrogens with one attached hydrogen (secondary N) is 3. The first-order valence-electron chi connectivity index (χ1n) is 10.8. The second-order valence-electron chi connectivity index (χ2n) is 7.44. The molecule has 1 unspecified atom stereocenters. The van der Waals surface area contributed by atoms with Gasteiger partial charge in [0.05, 0.1) is 37.7 Å². The number of rotatable bonds is 12. The lowest BCUT2D eigenvalue weighted by Crippen LogP contribution is -2.30. The van der Waals surface area contributed by atoms with Gasteiger partial charge in [0.1, 0.15) is 6.10 Å². The highest BCUT2D eigenvalue weighted by Crippen LogP contribution is 2.30. The van der Waals surface area contributed by atoms with Gasteiger partial charge in [0.2, 0.25) is 0 Å². The average Bonchev–Trinajstić information content (AvgIpc) is 2.83. The molecule has 11 nitrogen and oxygen atoms in total. The maximum Gasteiger partial charge on any atom is 0.407 e. The lowest BCUT2D eigenvalue weighted by molar-refractivity contribution is -0.403. The molecule has 0 spiro atoms. The van der Waals surface area contributed by atoms with Crippen LogP contribution in [0.3, 0.4) is 0 Å². The van der Waals surface area contributed by atoms with Crippen molar-refractivity contribution in [2.24, 2.45) is 0 Å². The molecule has 0 aliphatic heterocycles. The standard InChI is InChI=1S/C24H29N5O6/c1-5-20(11-12-25)35-24(30)26-16(2)17-7-6-8-18(13-17)27-23(15-29(31)32)28-19-9-10-21(33-3)22(14-19)34-4/h6-10,13-16,20,27-28H,5,11H2,1-4H3,(H,26,30)/b23-15-/t16-,20?/m0/s1. The smallest absolute Gasteiger partial charge is 0.407 e. The number of nitriles is 1. The Kier molecular flexibility index (Phi) is 10.2. The number of anilines is 2. The van der Waals surface area contributed by atoms with Crippen LogP contribution in [0.15, 0.2) is 54.5 Å². The lowest BCUT2D eigenvalue weighted by atomic mass is 10.1. The minimum atomic E-state index is -0.623. The maximum atomic E-state index is 12.2. The van der Waals surface area contributed by atoms with E-state index in [4.69, 9.17) is 19.5 Å². The molecule has 0 bridgehead atoms. The summed E-state index contributed by atoms with van der Waals surface area (Å²) < 4.78 is 15.8. The molecule has 2 atom stereocenters. The molecule has 3 N–H and O–H groups in total. The SMILES string of the molecule is CCC(CC#N)OC(=O)N[C@@H](C)c1cccc(N/C(=C/[N+](=O)[O-])Nc2ccc(OC)c(OC)c2)c1. The Balaban J connectivity index is 2.14. The molecule has 1 amide bonds. The predicted molar refractivity (Wildman–Crippen MR) is 131 cm³/mol. The second kappa shape index (κ2) is 13.3. The number of hydrogen-bond acceptors (Lipinski definition) is 9. The Morgan fingerprint density at radius 2 is 1.83 bits per heavy atom. The number of benzene rings is 2. The third-order valence-electron chi connectivity index (χ3n) is 4.95. The Labute approximate surface area is 203 Å². The number of ether oxygens (including phenoxy) is 3. The summed E-state index contributed by atoms with van der Waals surface area (Å²) in [6, 6.07) is 13.7. The predicted octanol–water partition coefficient (Wildman–Crippen LogP) is 4.78. The van der Waals surface area contributed by atoms with Gasteiger partial charge in [0.15, 0.2) is 17.3 Å². The van der Waals surface area contributed by atoms with E-state index in [1.165, 1.54) is 14.2 Å². The number of nitrogens with zero attached hydrogens (tertiary/aromatic N) is 2. The number of alkyl carbamates (subject to hydrolysis) is 1. The number of methoxy groups -OCH3 is 2. The third kappa shape index (κ3) is 8.43. The molecule has 0 aromatic heterocycles. The van der Waals surface area contributed by atoms with Crippen molar-refractivity contribution in [3.8, 4) is 17.6 Å². The molecule has 2 rings (SSSR count). The molecule has 0 fully saturated rings. The van der Waals surface area contributed by atoms with E-state index in [0.29, 0.717) is 29.3 Å². The van der Waals surface area contributed by atoms with Crippen LogP contribution < -0.4 is 25.4 Å². The van der Waals surface area contributed by atoms with Crippen LogP contribution in [0.4, 0.5) is 16.2 Å². The van der Waals surface area contributed by atoms with E-state index in [1.54, 1.807) is 49.4 Å². The zero-order valence-corrected chi connectivity index (χ0v) is 20.0. The van der Waals surface area contributed by atoms with Crippen LogP contribution in [0.5, 0.6) is 11.5 Å². The number of amides is 1. The van der Waals surface area contributed by atoms with Crippen molar-refractivity contribution in [2.45, 2.75) is 38.8 Å². The van der Waals surface area contributed by atoms with Crippen LogP contribution in [0.1, 0.15) is 38.3 Å². The minimum absolute atomic E-state index is 0.113. The zero-order valence-electron chi connectivity index (χ0n) is 20.0. The topological polar surface area (TPSA) is 148 Å². The summed E-state index contributed by atoms with van der Waals surface area (Å²) in [5.41, 5.74) is 1.84. The summed E-state index contributed by atoms with van der Waals surface area (Å²) in [5.74, 6) is 1.10. The minimum Gasteiger partial charge on any atom is -0.493 e. The molecule has 0 saturated carbocycles. The van der Waals surface area contributed by atoms with Crippen molar-refractivity contribution in [2.75, 3.05) is 24.9 Å². The van der Waals surface area contributed by atoms with Crippen molar-refractivity contribution in [1.82, 2.24) is 5.32 Å². The molecular weight excluding hydrogens is 454 g/mol. The molecule has 2 aromatic rings. The molecule has 2 aromatic carbocycles. The van der Waals surface area contributed by atoms with E-state index in [0.717, 1.165) is 11.8 Å². The summed E-state index contributed by atoms with van der Waals surface area (Å²) in [6.45, 7) is 3.61. The van der Waals surface area contributed by atoms with E-state index < -0.39 is 23.2 Å². The fourth-order valence-electron chi connectivity index (χ4n) is 3.13. The summed E-state index contributed by atoms with van der Waals surface area (Å²) in [6.07, 6.45) is 0.367. The van der Waals surface area contributed by atoms with Crippen molar-refractivity contribution in [3.63, 3.8) is 0 Å². The van der Waals surface area contributed by atoms with Gasteiger partial charge in [-0.15, -0.1) is 0 Å². The van der Waals surface area contributed by atoms with Gasteiger partial charge in [-0.3, -0.25) is 10.1 Å². The highest BCUT2D eigenvalue weighted by Gasteiger charge is 2.16. The Hall–Kier alpha value is -4.46. The normalized spacial score (nSPS) is 12.5. The monoisotopic (exact) mass is 483 g/mol. The van der Waals surface area contributed by atoms with Crippen molar-refractivity contribution in [3.05, 3.63) is 70.2 Å². The lowest BCUT2D eigenvalue weighted by Gasteiger charge is -2.19. The van der Waals surface area contributed by atoms with E-state index in [2.05, 4.69) is 16.0 Å². The van der Waals surface area contributed by atoms with Crippen LogP contribution in [-0.4, -0.2) is 31.3 Å². The fourth-order valence-corrected chi connectivity index (χ4v) is 3.13. The first-order chi connectivity index (χ1) is 16.8. The molecule has 0 heterocycles. The third-order valence-corrected chi connectivity index (χ3v) is 4.95. The van der Waals surface area contributed by atoms with Gasteiger partial charge in [-0.25, -0.2) is 4.79 Å². The molecule has 35 heavy (non-hydrogen) atoms. The Bertz CT molecular complexity index is 1100. The summed E-state index contributed by atoms with van der Waals surface area (Å²) in [4.78, 5) is 22.8. The fraction of sp³-hybridized carbons (Fsp3) is 0.333. The van der Waals surface area contributed by atoms with Crippen LogP contribution in [0.25, 0.3) is 0 Å². The number of carbonyl (C=O) groups is 1. The van der Waals surface area contributed by atoms with Gasteiger partial charge in [-0.05, 0) is 43.2 Å². The quantitative estimate of drug-likeness (QED) is 0.286. The number of hydrogen-bond donors (Lipinski definition) is 3. The molecule has 11 heteroatoms. The van der Waals surface area contributed by atoms with Gasteiger partial charge >= 0.3 is 6.09 Å². The molecular formula is C24H29N5O6. The van der Waals surface area contributed by atoms with E-state index in [9.17, 15) is 14.9 Å². The van der Waals surface area contributed by atoms with Crippen molar-refractivity contribution in [1.29, 1.82) is 5.26 Å². The van der Waals surface area contributed by atoms with Crippen LogP contribution in [-0.2, 0) is 4.74 Å². The number of nitro groups is 1. The highest BCUT2D eigenvalue weighted by molar-refractivity contribution is 5.68. The Morgan fingerprint density at radius 1 is 1.14 bits per heavy atom. The summed E-state index contributed by atoms with van der Waals surface area (Å²) >= 11 is 0. The van der Waals surface area contributed by atoms with Crippen LogP contribution in [0.2, 0.25) is 0 Å². The summed E-state index contributed by atoms with van der Waals surface area (Å²) in [5, 5.41) is 28.7. The maximum absolute atomic E-state index is 12.2. The molecule has 186 valence electrons. The van der Waals surface area contributed by atoms with Gasteiger partial charge < -0.3 is 30.2 Å². The molecule has 0 saturated heterocycles. The van der Waals surface area contributed by atoms with Gasteiger partial charge in [-0.2, -0.15) is 5.26 Å². The van der Waals surface area contributed by atoms with Crippen LogP contribution in [0, 0.1) is 21.4 Å². The van der Waals surface area contributed by atoms with E-state index in [-0.39, 0.29) is 12.2 Å². The zero-order chi connectivity index (χ0) is 25.8. The highest BCUT2D eigenvalue weighted by atomic mass is 16.6. The Morgan fingerprint density at radius 3 is 2.43 bits per heavy atom. The average molecular weight is 484 g/mol. The molecule has 0 radical (unpaired) electrons. The second-order valence-corrected chi connectivity index (χ2v) is 7.44. The van der Waals surface area contributed by atoms with Crippen molar-refractivity contribution < 1.29 is 23.9 Å². The van der Waals surface area contributed by atoms with Crippen molar-refractivity contribution >= 4 is 17.5 Å². The molecule has 0 aliphatic carbocycles.